The molecule has 122 valence electrons. The van der Waals surface area contributed by atoms with Crippen molar-refractivity contribution in [3.8, 4) is 0 Å². The molecule has 0 spiro atoms. The summed E-state index contributed by atoms with van der Waals surface area (Å²) < 4.78 is 0. The van der Waals surface area contributed by atoms with Gasteiger partial charge in [-0.25, -0.2) is 0 Å². The number of benzene rings is 1. The number of nitrogens with zero attached hydrogens (tertiary/aromatic N) is 1. The lowest BCUT2D eigenvalue weighted by Gasteiger charge is -2.23. The molecule has 1 aromatic heterocycles. The van der Waals surface area contributed by atoms with Gasteiger partial charge in [-0.05, 0) is 43.0 Å². The van der Waals surface area contributed by atoms with Crippen molar-refractivity contribution < 1.29 is 4.79 Å². The van der Waals surface area contributed by atoms with Crippen LogP contribution >= 0.6 is 34.5 Å². The van der Waals surface area contributed by atoms with Gasteiger partial charge in [-0.2, -0.15) is 0 Å². The first kappa shape index (κ1) is 16.8. The summed E-state index contributed by atoms with van der Waals surface area (Å²) in [6.45, 7) is 1.79. The lowest BCUT2D eigenvalue weighted by molar-refractivity contribution is -0.116. The van der Waals surface area contributed by atoms with Gasteiger partial charge in [0.15, 0.2) is 0 Å². The third-order valence-electron chi connectivity index (χ3n) is 4.09. The van der Waals surface area contributed by atoms with Gasteiger partial charge in [-0.3, -0.25) is 9.69 Å². The summed E-state index contributed by atoms with van der Waals surface area (Å²) in [6.07, 6.45) is 2.78. The van der Waals surface area contributed by atoms with Crippen LogP contribution in [0.5, 0.6) is 0 Å². The number of thiophene rings is 1. The van der Waals surface area contributed by atoms with Crippen LogP contribution in [0.3, 0.4) is 0 Å². The van der Waals surface area contributed by atoms with E-state index in [1.807, 2.05) is 0 Å². The third-order valence-corrected chi connectivity index (χ3v) is 5.69. The van der Waals surface area contributed by atoms with E-state index in [9.17, 15) is 4.79 Å². The number of hydrogen-bond donors (Lipinski definition) is 1. The van der Waals surface area contributed by atoms with Gasteiger partial charge in [0.1, 0.15) is 0 Å². The second kappa shape index (κ2) is 7.67. The van der Waals surface area contributed by atoms with Gasteiger partial charge in [-0.1, -0.05) is 35.3 Å². The highest BCUT2D eigenvalue weighted by molar-refractivity contribution is 7.10. The van der Waals surface area contributed by atoms with Crippen LogP contribution in [-0.4, -0.2) is 23.9 Å². The van der Waals surface area contributed by atoms with E-state index in [-0.39, 0.29) is 5.91 Å². The summed E-state index contributed by atoms with van der Waals surface area (Å²) in [5, 5.41) is 5.86. The topological polar surface area (TPSA) is 32.3 Å². The summed E-state index contributed by atoms with van der Waals surface area (Å²) in [7, 11) is 0. The van der Waals surface area contributed by atoms with Crippen molar-refractivity contribution in [2.75, 3.05) is 18.4 Å². The van der Waals surface area contributed by atoms with Gasteiger partial charge in [-0.15, -0.1) is 11.3 Å². The third kappa shape index (κ3) is 4.07. The van der Waals surface area contributed by atoms with E-state index in [2.05, 4.69) is 27.7 Å². The fourth-order valence-corrected chi connectivity index (χ4v) is 4.35. The number of para-hydroxylation sites is 1. The lowest BCUT2D eigenvalue weighted by Crippen LogP contribution is -2.27. The molecule has 1 unspecified atom stereocenters. The first-order valence-corrected chi connectivity index (χ1v) is 9.30. The zero-order chi connectivity index (χ0) is 16.2. The number of anilines is 1. The van der Waals surface area contributed by atoms with E-state index in [1.54, 1.807) is 29.5 Å². The van der Waals surface area contributed by atoms with Gasteiger partial charge in [0, 0.05) is 23.9 Å². The fourth-order valence-electron chi connectivity index (χ4n) is 2.96. The number of rotatable bonds is 5. The highest BCUT2D eigenvalue weighted by Crippen LogP contribution is 2.34. The molecule has 1 atom stereocenters. The SMILES string of the molecule is O=C(CCN1CCCC1c1cccs1)Nc1c(Cl)cccc1Cl. The van der Waals surface area contributed by atoms with Crippen LogP contribution in [0.25, 0.3) is 0 Å². The molecule has 2 aromatic rings. The molecule has 3 nitrogen and oxygen atoms in total. The number of halogens is 2. The Labute approximate surface area is 150 Å². The molecule has 0 radical (unpaired) electrons. The van der Waals surface area contributed by atoms with Crippen molar-refractivity contribution in [1.82, 2.24) is 4.90 Å². The highest BCUT2D eigenvalue weighted by atomic mass is 35.5. The predicted octanol–water partition coefficient (Wildman–Crippen LogP) is 5.22. The molecule has 2 heterocycles. The number of amides is 1. The van der Waals surface area contributed by atoms with Gasteiger partial charge in [0.25, 0.3) is 0 Å². The number of carbonyl (C=O) groups excluding carboxylic acids is 1. The van der Waals surface area contributed by atoms with Crippen molar-refractivity contribution in [1.29, 1.82) is 0 Å². The zero-order valence-corrected chi connectivity index (χ0v) is 14.9. The lowest BCUT2D eigenvalue weighted by atomic mass is 10.2. The Morgan fingerprint density at radius 2 is 2.04 bits per heavy atom. The first-order valence-electron chi connectivity index (χ1n) is 7.66. The van der Waals surface area contributed by atoms with Crippen molar-refractivity contribution >= 4 is 46.1 Å². The van der Waals surface area contributed by atoms with Crippen LogP contribution in [0.2, 0.25) is 10.0 Å². The molecular formula is C17H18Cl2N2OS. The Morgan fingerprint density at radius 3 is 2.74 bits per heavy atom. The largest absolute Gasteiger partial charge is 0.324 e. The van der Waals surface area contributed by atoms with Crippen LogP contribution in [0, 0.1) is 0 Å². The average molecular weight is 369 g/mol. The first-order chi connectivity index (χ1) is 11.1. The molecule has 1 amide bonds. The Morgan fingerprint density at radius 1 is 1.26 bits per heavy atom. The Balaban J connectivity index is 1.57. The highest BCUT2D eigenvalue weighted by Gasteiger charge is 2.26. The molecule has 6 heteroatoms. The fraction of sp³-hybridized carbons (Fsp3) is 0.353. The van der Waals surface area contributed by atoms with Gasteiger partial charge < -0.3 is 5.32 Å². The number of carbonyl (C=O) groups is 1. The molecular weight excluding hydrogens is 351 g/mol. The van der Waals surface area contributed by atoms with Crippen LogP contribution in [0.1, 0.15) is 30.2 Å². The predicted molar refractivity (Wildman–Crippen MR) is 97.6 cm³/mol. The maximum absolute atomic E-state index is 12.2. The minimum atomic E-state index is -0.0585. The molecule has 1 aliphatic rings. The van der Waals surface area contributed by atoms with Crippen molar-refractivity contribution in [2.45, 2.75) is 25.3 Å². The second-order valence-electron chi connectivity index (χ2n) is 5.60. The van der Waals surface area contributed by atoms with Crippen LogP contribution < -0.4 is 5.32 Å². The summed E-state index contributed by atoms with van der Waals surface area (Å²) in [5.41, 5.74) is 0.497. The number of nitrogens with one attached hydrogen (secondary N) is 1. The molecule has 1 fully saturated rings. The summed E-state index contributed by atoms with van der Waals surface area (Å²) in [4.78, 5) is 16.0. The van der Waals surface area contributed by atoms with Gasteiger partial charge >= 0.3 is 0 Å². The normalized spacial score (nSPS) is 18.3. The quantitative estimate of drug-likeness (QED) is 0.784. The summed E-state index contributed by atoms with van der Waals surface area (Å²) >= 11 is 14.0. The Kier molecular flexibility index (Phi) is 5.59. The minimum Gasteiger partial charge on any atom is -0.324 e. The van der Waals surface area contributed by atoms with E-state index in [4.69, 9.17) is 23.2 Å². The molecule has 0 bridgehead atoms. The molecule has 1 saturated heterocycles. The van der Waals surface area contributed by atoms with Crippen molar-refractivity contribution in [2.24, 2.45) is 0 Å². The molecule has 0 saturated carbocycles. The molecule has 0 aliphatic carbocycles. The van der Waals surface area contributed by atoms with Crippen LogP contribution in [-0.2, 0) is 4.79 Å². The standard InChI is InChI=1S/C17H18Cl2N2OS/c18-12-4-1-5-13(19)17(12)20-16(22)8-10-21-9-2-6-14(21)15-7-3-11-23-15/h1,3-5,7,11,14H,2,6,8-10H2,(H,20,22). The maximum Gasteiger partial charge on any atom is 0.225 e. The summed E-state index contributed by atoms with van der Waals surface area (Å²) in [5.74, 6) is -0.0585. The van der Waals surface area contributed by atoms with Gasteiger partial charge in [0.05, 0.1) is 15.7 Å². The van der Waals surface area contributed by atoms with E-state index in [0.29, 0.717) is 28.2 Å². The van der Waals surface area contributed by atoms with Crippen molar-refractivity contribution in [3.63, 3.8) is 0 Å². The van der Waals surface area contributed by atoms with E-state index < -0.39 is 0 Å². The average Bonchev–Trinajstić information content (AvgIpc) is 3.19. The number of likely N-dealkylation sites (tertiary alicyclic amines) is 1. The number of hydrogen-bond acceptors (Lipinski definition) is 3. The second-order valence-corrected chi connectivity index (χ2v) is 7.40. The zero-order valence-electron chi connectivity index (χ0n) is 12.6. The van der Waals surface area contributed by atoms with E-state index >= 15 is 0 Å². The minimum absolute atomic E-state index is 0.0585. The van der Waals surface area contributed by atoms with E-state index in [0.717, 1.165) is 13.1 Å². The maximum atomic E-state index is 12.2. The monoisotopic (exact) mass is 368 g/mol. The van der Waals surface area contributed by atoms with Crippen molar-refractivity contribution in [3.05, 3.63) is 50.6 Å². The van der Waals surface area contributed by atoms with Crippen LogP contribution in [0.4, 0.5) is 5.69 Å². The molecule has 1 N–H and O–H groups in total. The molecule has 23 heavy (non-hydrogen) atoms. The summed E-state index contributed by atoms with van der Waals surface area (Å²) in [6, 6.07) is 9.91. The smallest absolute Gasteiger partial charge is 0.225 e. The Bertz CT molecular complexity index is 655. The Hall–Kier alpha value is -1.07. The molecule has 1 aromatic carbocycles. The van der Waals surface area contributed by atoms with Gasteiger partial charge in [0.2, 0.25) is 5.91 Å². The van der Waals surface area contributed by atoms with E-state index in [1.165, 1.54) is 17.7 Å². The van der Waals surface area contributed by atoms with Crippen LogP contribution in [0.15, 0.2) is 35.7 Å². The molecule has 3 rings (SSSR count). The molecule has 1 aliphatic heterocycles.